The Kier molecular flexibility index (Phi) is 6.11. The van der Waals surface area contributed by atoms with Gasteiger partial charge in [0.2, 0.25) is 0 Å². The minimum Gasteiger partial charge on any atom is -0.498 e. The Morgan fingerprint density at radius 3 is 2.29 bits per heavy atom. The van der Waals surface area contributed by atoms with E-state index in [-0.39, 0.29) is 17.8 Å². The van der Waals surface area contributed by atoms with Gasteiger partial charge in [0, 0.05) is 14.2 Å². The van der Waals surface area contributed by atoms with Crippen molar-refractivity contribution in [2.75, 3.05) is 21.3 Å². The molecule has 0 N–H and O–H groups in total. The van der Waals surface area contributed by atoms with Crippen molar-refractivity contribution in [3.8, 4) is 5.69 Å². The molecule has 31 heavy (non-hydrogen) atoms. The van der Waals surface area contributed by atoms with Gasteiger partial charge in [0.15, 0.2) is 0 Å². The molecule has 158 valence electrons. The Labute approximate surface area is 180 Å². The molecule has 2 aromatic carbocycles. The number of fused-ring (bicyclic) bond motifs is 1. The van der Waals surface area contributed by atoms with Gasteiger partial charge in [-0.1, -0.05) is 42.5 Å². The van der Waals surface area contributed by atoms with Crippen LogP contribution >= 0.6 is 0 Å². The molecule has 4 rings (SSSR count). The maximum atomic E-state index is 13.3. The van der Waals surface area contributed by atoms with E-state index in [0.717, 1.165) is 11.3 Å². The van der Waals surface area contributed by atoms with Crippen molar-refractivity contribution < 1.29 is 14.2 Å². The van der Waals surface area contributed by atoms with Crippen molar-refractivity contribution in [1.82, 2.24) is 9.55 Å². The van der Waals surface area contributed by atoms with Gasteiger partial charge in [0.05, 0.1) is 23.7 Å². The highest BCUT2D eigenvalue weighted by Crippen LogP contribution is 2.26. The van der Waals surface area contributed by atoms with Crippen LogP contribution < -0.4 is 5.56 Å². The molecule has 0 amide bonds. The fourth-order valence-electron chi connectivity index (χ4n) is 3.79. The summed E-state index contributed by atoms with van der Waals surface area (Å²) >= 11 is 0. The second-order valence-corrected chi connectivity index (χ2v) is 7.05. The van der Waals surface area contributed by atoms with Gasteiger partial charge in [-0.05, 0) is 42.0 Å². The number of para-hydroxylation sites is 2. The summed E-state index contributed by atoms with van der Waals surface area (Å²) in [6, 6.07) is 16.8. The highest BCUT2D eigenvalue weighted by molar-refractivity contribution is 5.79. The first kappa shape index (κ1) is 20.8. The molecular weight excluding hydrogens is 392 g/mol. The molecule has 0 bridgehead atoms. The van der Waals surface area contributed by atoms with Crippen LogP contribution in [-0.4, -0.2) is 43.1 Å². The molecule has 0 saturated carbocycles. The standard InChI is InChI=1S/C25H24N2O4/c1-29-21-15-13-17(23(30-2)24(21)31-3)14-16-22-26-20-12-8-7-11-19(20)25(28)27(22)18-9-5-4-6-10-18/h4-16,23-24H,1-3H3/b16-14+. The molecule has 1 aromatic heterocycles. The second kappa shape index (κ2) is 9.12. The van der Waals surface area contributed by atoms with E-state index in [1.54, 1.807) is 32.0 Å². The van der Waals surface area contributed by atoms with Crippen LogP contribution in [0.2, 0.25) is 0 Å². The zero-order chi connectivity index (χ0) is 21.8. The van der Waals surface area contributed by atoms with Crippen LogP contribution in [0.3, 0.4) is 0 Å². The first-order valence-electron chi connectivity index (χ1n) is 9.94. The number of hydrogen-bond acceptors (Lipinski definition) is 5. The molecular formula is C25H24N2O4. The Hall–Kier alpha value is -3.48. The van der Waals surface area contributed by atoms with Crippen LogP contribution in [0.15, 0.2) is 89.0 Å². The summed E-state index contributed by atoms with van der Waals surface area (Å²) in [6.45, 7) is 0. The van der Waals surface area contributed by atoms with Crippen LogP contribution in [-0.2, 0) is 14.2 Å². The number of methoxy groups -OCH3 is 3. The average Bonchev–Trinajstić information content (AvgIpc) is 2.82. The topological polar surface area (TPSA) is 62.6 Å². The lowest BCUT2D eigenvalue weighted by atomic mass is 9.96. The predicted octanol–water partition coefficient (Wildman–Crippen LogP) is 3.90. The maximum Gasteiger partial charge on any atom is 0.266 e. The Bertz CT molecular complexity index is 1230. The van der Waals surface area contributed by atoms with Crippen molar-refractivity contribution in [2.45, 2.75) is 12.2 Å². The third kappa shape index (κ3) is 3.95. The largest absolute Gasteiger partial charge is 0.498 e. The molecule has 0 spiro atoms. The van der Waals surface area contributed by atoms with Gasteiger partial charge in [0.1, 0.15) is 23.8 Å². The van der Waals surface area contributed by atoms with Crippen LogP contribution in [0.5, 0.6) is 0 Å². The quantitative estimate of drug-likeness (QED) is 0.610. The molecule has 1 aliphatic rings. The molecule has 6 heteroatoms. The van der Waals surface area contributed by atoms with Crippen molar-refractivity contribution >= 4 is 17.0 Å². The van der Waals surface area contributed by atoms with E-state index in [2.05, 4.69) is 0 Å². The van der Waals surface area contributed by atoms with Gasteiger partial charge in [0.25, 0.3) is 5.56 Å². The maximum absolute atomic E-state index is 13.3. The SMILES string of the molecule is COC1=CC=C(/C=C/c2nc3ccccc3c(=O)n2-c2ccccc2)C(OC)C1OC. The van der Waals surface area contributed by atoms with Crippen molar-refractivity contribution in [3.05, 3.63) is 100 Å². The molecule has 1 aliphatic carbocycles. The Morgan fingerprint density at radius 1 is 0.871 bits per heavy atom. The molecule has 2 atom stereocenters. The summed E-state index contributed by atoms with van der Waals surface area (Å²) in [6.07, 6.45) is 6.81. The first-order chi connectivity index (χ1) is 15.2. The summed E-state index contributed by atoms with van der Waals surface area (Å²) in [7, 11) is 4.86. The minimum absolute atomic E-state index is 0.117. The van der Waals surface area contributed by atoms with Gasteiger partial charge >= 0.3 is 0 Å². The molecule has 2 unspecified atom stereocenters. The minimum atomic E-state index is -0.361. The zero-order valence-electron chi connectivity index (χ0n) is 17.7. The lowest BCUT2D eigenvalue weighted by Crippen LogP contribution is -2.35. The van der Waals surface area contributed by atoms with Crippen LogP contribution in [0.25, 0.3) is 22.7 Å². The van der Waals surface area contributed by atoms with Gasteiger partial charge in [-0.2, -0.15) is 0 Å². The number of aromatic nitrogens is 2. The van der Waals surface area contributed by atoms with E-state index in [4.69, 9.17) is 19.2 Å². The van der Waals surface area contributed by atoms with E-state index in [9.17, 15) is 4.79 Å². The molecule has 0 radical (unpaired) electrons. The van der Waals surface area contributed by atoms with E-state index < -0.39 is 0 Å². The highest BCUT2D eigenvalue weighted by atomic mass is 16.6. The summed E-state index contributed by atoms with van der Waals surface area (Å²) < 4.78 is 18.3. The fraction of sp³-hybridized carbons (Fsp3) is 0.200. The zero-order valence-corrected chi connectivity index (χ0v) is 17.7. The third-order valence-electron chi connectivity index (χ3n) is 5.31. The summed E-state index contributed by atoms with van der Waals surface area (Å²) in [5.74, 6) is 1.22. The van der Waals surface area contributed by atoms with E-state index >= 15 is 0 Å². The van der Waals surface area contributed by atoms with Crippen molar-refractivity contribution in [3.63, 3.8) is 0 Å². The Balaban J connectivity index is 1.85. The van der Waals surface area contributed by atoms with E-state index in [1.807, 2.05) is 72.8 Å². The smallest absolute Gasteiger partial charge is 0.266 e. The predicted molar refractivity (Wildman–Crippen MR) is 121 cm³/mol. The number of benzene rings is 2. The molecule has 0 aliphatic heterocycles. The second-order valence-electron chi connectivity index (χ2n) is 7.05. The summed E-state index contributed by atoms with van der Waals surface area (Å²) in [5, 5.41) is 0.572. The molecule has 1 heterocycles. The number of nitrogens with zero attached hydrogens (tertiary/aromatic N) is 2. The van der Waals surface area contributed by atoms with Gasteiger partial charge in [-0.3, -0.25) is 9.36 Å². The molecule has 0 saturated heterocycles. The fourth-order valence-corrected chi connectivity index (χ4v) is 3.79. The van der Waals surface area contributed by atoms with Crippen LogP contribution in [0.1, 0.15) is 5.82 Å². The van der Waals surface area contributed by atoms with Gasteiger partial charge in [-0.15, -0.1) is 0 Å². The van der Waals surface area contributed by atoms with E-state index in [0.29, 0.717) is 22.5 Å². The lowest BCUT2D eigenvalue weighted by Gasteiger charge is -2.29. The van der Waals surface area contributed by atoms with Gasteiger partial charge < -0.3 is 14.2 Å². The molecule has 0 fully saturated rings. The third-order valence-corrected chi connectivity index (χ3v) is 5.31. The summed E-state index contributed by atoms with van der Waals surface area (Å²) in [4.78, 5) is 18.1. The van der Waals surface area contributed by atoms with E-state index in [1.165, 1.54) is 0 Å². The average molecular weight is 416 g/mol. The van der Waals surface area contributed by atoms with Crippen LogP contribution in [0.4, 0.5) is 0 Å². The van der Waals surface area contributed by atoms with Crippen LogP contribution in [0, 0.1) is 0 Å². The normalized spacial score (nSPS) is 18.8. The molecule has 3 aromatic rings. The first-order valence-corrected chi connectivity index (χ1v) is 9.94. The number of hydrogen-bond donors (Lipinski definition) is 0. The lowest BCUT2D eigenvalue weighted by molar-refractivity contribution is -0.0222. The number of allylic oxidation sites excluding steroid dienone is 2. The van der Waals surface area contributed by atoms with Crippen molar-refractivity contribution in [1.29, 1.82) is 0 Å². The number of rotatable bonds is 6. The van der Waals surface area contributed by atoms with Gasteiger partial charge in [-0.25, -0.2) is 4.98 Å². The summed E-state index contributed by atoms with van der Waals surface area (Å²) in [5.41, 5.74) is 2.17. The molecule has 6 nitrogen and oxygen atoms in total. The highest BCUT2D eigenvalue weighted by Gasteiger charge is 2.30. The number of ether oxygens (including phenoxy) is 3. The monoisotopic (exact) mass is 416 g/mol. The Morgan fingerprint density at radius 2 is 1.58 bits per heavy atom. The van der Waals surface area contributed by atoms with Crippen molar-refractivity contribution in [2.24, 2.45) is 0 Å².